The van der Waals surface area contributed by atoms with Gasteiger partial charge >= 0.3 is 0 Å². The fraction of sp³-hybridized carbons (Fsp3) is 0. The minimum absolute atomic E-state index is 0.00234. The second-order valence-corrected chi connectivity index (χ2v) is 7.35. The number of hydrogen-bond donors (Lipinski definition) is 1. The van der Waals surface area contributed by atoms with Gasteiger partial charge in [-0.15, -0.1) is 0 Å². The summed E-state index contributed by atoms with van der Waals surface area (Å²) in [6, 6.07) is 14.4. The number of benzene rings is 2. The number of aromatic nitrogens is 3. The summed E-state index contributed by atoms with van der Waals surface area (Å²) in [5.74, 6) is 0. The van der Waals surface area contributed by atoms with Crippen molar-refractivity contribution >= 4 is 39.1 Å². The maximum absolute atomic E-state index is 11.8. The molecule has 128 valence electrons. The Kier molecular flexibility index (Phi) is 4.23. The first-order valence-electron chi connectivity index (χ1n) is 7.48. The highest BCUT2D eigenvalue weighted by Crippen LogP contribution is 2.38. The first kappa shape index (κ1) is 16.4. The van der Waals surface area contributed by atoms with Crippen molar-refractivity contribution in [3.05, 3.63) is 75.3 Å². The number of nitro groups is 1. The number of aromatic amines is 1. The van der Waals surface area contributed by atoms with Gasteiger partial charge in [0, 0.05) is 16.5 Å². The molecule has 0 aliphatic rings. The molecule has 7 nitrogen and oxygen atoms in total. The summed E-state index contributed by atoms with van der Waals surface area (Å²) in [7, 11) is 0. The Labute approximate surface area is 154 Å². The van der Waals surface area contributed by atoms with Crippen molar-refractivity contribution < 1.29 is 4.92 Å². The Morgan fingerprint density at radius 3 is 2.69 bits per heavy atom. The Bertz CT molecular complexity index is 1170. The largest absolute Gasteiger partial charge is 0.311 e. The summed E-state index contributed by atoms with van der Waals surface area (Å²) in [4.78, 5) is 35.7. The van der Waals surface area contributed by atoms with E-state index in [2.05, 4.69) is 15.0 Å². The molecule has 0 fully saturated rings. The second-order valence-electron chi connectivity index (χ2n) is 5.26. The number of hydrogen-bond acceptors (Lipinski definition) is 7. The molecule has 4 aromatic rings. The number of nitrogens with one attached hydrogen (secondary N) is 1. The Morgan fingerprint density at radius 2 is 1.96 bits per heavy atom. The Hall–Kier alpha value is -3.04. The zero-order valence-corrected chi connectivity index (χ0v) is 14.7. The summed E-state index contributed by atoms with van der Waals surface area (Å²) in [6.45, 7) is 0. The lowest BCUT2D eigenvalue weighted by atomic mass is 10.2. The van der Waals surface area contributed by atoms with Crippen LogP contribution in [0.4, 0.5) is 5.69 Å². The minimum Gasteiger partial charge on any atom is -0.311 e. The SMILES string of the molecule is O=c1[nH]cnc2sc(-c3ccc(Sc4ccccc4)c([N+](=O)[O-])c3)nc12. The molecule has 0 spiro atoms. The van der Waals surface area contributed by atoms with E-state index in [-0.39, 0.29) is 16.8 Å². The molecule has 1 N–H and O–H groups in total. The zero-order chi connectivity index (χ0) is 18.1. The third-order valence-electron chi connectivity index (χ3n) is 3.58. The van der Waals surface area contributed by atoms with Gasteiger partial charge in [0.1, 0.15) is 5.01 Å². The van der Waals surface area contributed by atoms with E-state index in [0.717, 1.165) is 4.90 Å². The van der Waals surface area contributed by atoms with Crippen molar-refractivity contribution in [1.82, 2.24) is 15.0 Å². The molecular weight excluding hydrogens is 372 g/mol. The van der Waals surface area contributed by atoms with Crippen molar-refractivity contribution in [3.8, 4) is 10.6 Å². The van der Waals surface area contributed by atoms with E-state index in [9.17, 15) is 14.9 Å². The molecule has 0 atom stereocenters. The average molecular weight is 382 g/mol. The van der Waals surface area contributed by atoms with Crippen LogP contribution in [0, 0.1) is 10.1 Å². The lowest BCUT2D eigenvalue weighted by Gasteiger charge is -2.04. The number of thiazole rings is 1. The van der Waals surface area contributed by atoms with Gasteiger partial charge in [-0.25, -0.2) is 9.97 Å². The third-order valence-corrected chi connectivity index (χ3v) is 5.66. The molecule has 0 saturated carbocycles. The van der Waals surface area contributed by atoms with Gasteiger partial charge in [0.05, 0.1) is 16.1 Å². The van der Waals surface area contributed by atoms with Gasteiger partial charge in [0.25, 0.3) is 11.2 Å². The number of H-pyrrole nitrogens is 1. The molecule has 2 heterocycles. The number of fused-ring (bicyclic) bond motifs is 1. The van der Waals surface area contributed by atoms with Crippen molar-refractivity contribution in [2.75, 3.05) is 0 Å². The molecular formula is C17H10N4O3S2. The fourth-order valence-corrected chi connectivity index (χ4v) is 4.21. The van der Waals surface area contributed by atoms with Gasteiger partial charge in [0.15, 0.2) is 10.3 Å². The van der Waals surface area contributed by atoms with E-state index in [4.69, 9.17) is 0 Å². The predicted molar refractivity (Wildman–Crippen MR) is 101 cm³/mol. The van der Waals surface area contributed by atoms with E-state index >= 15 is 0 Å². The molecule has 26 heavy (non-hydrogen) atoms. The molecule has 0 aliphatic carbocycles. The first-order valence-corrected chi connectivity index (χ1v) is 9.11. The molecule has 0 radical (unpaired) electrons. The predicted octanol–water partition coefficient (Wildman–Crippen LogP) is 4.11. The highest BCUT2D eigenvalue weighted by molar-refractivity contribution is 7.99. The van der Waals surface area contributed by atoms with Crippen LogP contribution in [0.1, 0.15) is 0 Å². The topological polar surface area (TPSA) is 102 Å². The second kappa shape index (κ2) is 6.70. The number of nitrogens with zero attached hydrogens (tertiary/aromatic N) is 3. The van der Waals surface area contributed by atoms with E-state index in [0.29, 0.717) is 20.3 Å². The van der Waals surface area contributed by atoms with Gasteiger partial charge < -0.3 is 4.98 Å². The monoisotopic (exact) mass is 382 g/mol. The average Bonchev–Trinajstić information content (AvgIpc) is 3.08. The lowest BCUT2D eigenvalue weighted by molar-refractivity contribution is -0.387. The first-order chi connectivity index (χ1) is 12.6. The minimum atomic E-state index is -0.410. The Morgan fingerprint density at radius 1 is 1.15 bits per heavy atom. The molecule has 0 aliphatic heterocycles. The maximum Gasteiger partial charge on any atom is 0.283 e. The summed E-state index contributed by atoms with van der Waals surface area (Å²) in [5, 5.41) is 12.0. The van der Waals surface area contributed by atoms with Crippen molar-refractivity contribution in [1.29, 1.82) is 0 Å². The van der Waals surface area contributed by atoms with Crippen LogP contribution in [-0.2, 0) is 0 Å². The van der Waals surface area contributed by atoms with Crippen molar-refractivity contribution in [3.63, 3.8) is 0 Å². The van der Waals surface area contributed by atoms with Crippen molar-refractivity contribution in [2.45, 2.75) is 9.79 Å². The summed E-state index contributed by atoms with van der Waals surface area (Å²) < 4.78 is 0. The van der Waals surface area contributed by atoms with Crippen LogP contribution in [0.5, 0.6) is 0 Å². The molecule has 9 heteroatoms. The summed E-state index contributed by atoms with van der Waals surface area (Å²) in [6.07, 6.45) is 1.31. The van der Waals surface area contributed by atoms with E-state index < -0.39 is 4.92 Å². The zero-order valence-electron chi connectivity index (χ0n) is 13.1. The van der Waals surface area contributed by atoms with E-state index in [1.165, 1.54) is 35.5 Å². The van der Waals surface area contributed by atoms with Crippen LogP contribution in [0.3, 0.4) is 0 Å². The van der Waals surface area contributed by atoms with E-state index in [1.54, 1.807) is 12.1 Å². The van der Waals surface area contributed by atoms with Gasteiger partial charge in [-0.1, -0.05) is 47.4 Å². The van der Waals surface area contributed by atoms with E-state index in [1.807, 2.05) is 30.3 Å². The van der Waals surface area contributed by atoms with Crippen molar-refractivity contribution in [2.24, 2.45) is 0 Å². The normalized spacial score (nSPS) is 10.9. The molecule has 4 rings (SSSR count). The van der Waals surface area contributed by atoms with Gasteiger partial charge in [-0.05, 0) is 18.2 Å². The van der Waals surface area contributed by atoms with Crippen LogP contribution in [0.25, 0.3) is 20.9 Å². The molecule has 2 aromatic heterocycles. The van der Waals surface area contributed by atoms with Crippen LogP contribution >= 0.6 is 23.1 Å². The van der Waals surface area contributed by atoms with Crippen LogP contribution in [-0.4, -0.2) is 19.9 Å². The molecule has 0 saturated heterocycles. The number of rotatable bonds is 4. The smallest absolute Gasteiger partial charge is 0.283 e. The van der Waals surface area contributed by atoms with Gasteiger partial charge in [-0.2, -0.15) is 0 Å². The molecule has 0 bridgehead atoms. The Balaban J connectivity index is 1.78. The highest BCUT2D eigenvalue weighted by atomic mass is 32.2. The van der Waals surface area contributed by atoms with Crippen LogP contribution in [0.15, 0.2) is 69.4 Å². The standard InChI is InChI=1S/C17H10N4O3S2/c22-15-14-17(19-9-18-15)26-16(20-14)10-6-7-13(12(8-10)21(23)24)25-11-4-2-1-3-5-11/h1-9H,(H,18,19,22). The lowest BCUT2D eigenvalue weighted by Crippen LogP contribution is -2.05. The maximum atomic E-state index is 11.8. The quantitative estimate of drug-likeness (QED) is 0.421. The van der Waals surface area contributed by atoms with Crippen LogP contribution in [0.2, 0.25) is 0 Å². The fourth-order valence-electron chi connectivity index (χ4n) is 2.38. The van der Waals surface area contributed by atoms with Gasteiger partial charge in [0.2, 0.25) is 0 Å². The van der Waals surface area contributed by atoms with Crippen LogP contribution < -0.4 is 5.56 Å². The third kappa shape index (κ3) is 3.09. The molecule has 0 amide bonds. The molecule has 0 unspecified atom stereocenters. The highest BCUT2D eigenvalue weighted by Gasteiger charge is 2.18. The summed E-state index contributed by atoms with van der Waals surface area (Å²) >= 11 is 2.55. The van der Waals surface area contributed by atoms with Gasteiger partial charge in [-0.3, -0.25) is 14.9 Å². The summed E-state index contributed by atoms with van der Waals surface area (Å²) in [5.41, 5.74) is 0.482. The number of nitro benzene ring substituents is 1. The molecule has 2 aromatic carbocycles.